The van der Waals surface area contributed by atoms with Gasteiger partial charge in [0.1, 0.15) is 5.82 Å². The third kappa shape index (κ3) is 4.94. The van der Waals surface area contributed by atoms with Crippen LogP contribution < -0.4 is 0 Å². The molecule has 0 amide bonds. The standard InChI is InChI=1S/C30H29F/c1-3-5-7-22-9-12-24(13-10-22)29-18-17-28(21-30(29)31)27-16-15-25-19-23(8-6-4-2)11-14-26(25)20-27/h3,9-21H,1,4-8H2,2H3. The summed E-state index contributed by atoms with van der Waals surface area (Å²) in [5.41, 5.74) is 6.12. The van der Waals surface area contributed by atoms with Crippen molar-refractivity contribution in [2.24, 2.45) is 0 Å². The lowest BCUT2D eigenvalue weighted by Crippen LogP contribution is -1.89. The molecule has 0 aromatic heterocycles. The lowest BCUT2D eigenvalue weighted by molar-refractivity contribution is 0.632. The van der Waals surface area contributed by atoms with E-state index in [1.54, 1.807) is 6.07 Å². The molecule has 0 spiro atoms. The maximum Gasteiger partial charge on any atom is 0.131 e. The molecular weight excluding hydrogens is 379 g/mol. The van der Waals surface area contributed by atoms with E-state index in [4.69, 9.17) is 0 Å². The highest BCUT2D eigenvalue weighted by Crippen LogP contribution is 2.30. The zero-order chi connectivity index (χ0) is 21.6. The van der Waals surface area contributed by atoms with Crippen LogP contribution in [-0.2, 0) is 12.8 Å². The summed E-state index contributed by atoms with van der Waals surface area (Å²) in [6, 6.07) is 26.8. The summed E-state index contributed by atoms with van der Waals surface area (Å²) in [5.74, 6) is -0.189. The summed E-state index contributed by atoms with van der Waals surface area (Å²) in [6.45, 7) is 5.99. The Hall–Kier alpha value is -3.19. The maximum absolute atomic E-state index is 15.0. The summed E-state index contributed by atoms with van der Waals surface area (Å²) < 4.78 is 15.0. The Balaban J connectivity index is 1.58. The Bertz CT molecular complexity index is 1180. The molecule has 1 heteroatoms. The molecule has 4 aromatic carbocycles. The van der Waals surface area contributed by atoms with Crippen LogP contribution >= 0.6 is 0 Å². The molecule has 0 bridgehead atoms. The van der Waals surface area contributed by atoms with Crippen molar-refractivity contribution in [3.05, 3.63) is 108 Å². The van der Waals surface area contributed by atoms with Gasteiger partial charge in [-0.15, -0.1) is 6.58 Å². The normalized spacial score (nSPS) is 11.0. The number of hydrogen-bond acceptors (Lipinski definition) is 0. The van der Waals surface area contributed by atoms with Crippen molar-refractivity contribution in [1.82, 2.24) is 0 Å². The van der Waals surface area contributed by atoms with Gasteiger partial charge in [-0.3, -0.25) is 0 Å². The van der Waals surface area contributed by atoms with Crippen LogP contribution in [0, 0.1) is 5.82 Å². The van der Waals surface area contributed by atoms with E-state index in [2.05, 4.69) is 62.0 Å². The van der Waals surface area contributed by atoms with Crippen LogP contribution in [0.2, 0.25) is 0 Å². The molecule has 0 radical (unpaired) electrons. The van der Waals surface area contributed by atoms with Crippen LogP contribution in [-0.4, -0.2) is 0 Å². The number of aryl methyl sites for hydroxylation is 2. The Morgan fingerprint density at radius 3 is 2.10 bits per heavy atom. The van der Waals surface area contributed by atoms with Crippen molar-refractivity contribution in [3.63, 3.8) is 0 Å². The highest BCUT2D eigenvalue weighted by atomic mass is 19.1. The fraction of sp³-hybridized carbons (Fsp3) is 0.200. The molecule has 0 fully saturated rings. The summed E-state index contributed by atoms with van der Waals surface area (Å²) in [7, 11) is 0. The minimum Gasteiger partial charge on any atom is -0.206 e. The Labute approximate surface area is 185 Å². The second-order valence-electron chi connectivity index (χ2n) is 8.22. The number of hydrogen-bond donors (Lipinski definition) is 0. The highest BCUT2D eigenvalue weighted by molar-refractivity contribution is 5.88. The minimum absolute atomic E-state index is 0.189. The fourth-order valence-electron chi connectivity index (χ4n) is 4.06. The molecule has 4 rings (SSSR count). The van der Waals surface area contributed by atoms with Gasteiger partial charge >= 0.3 is 0 Å². The molecule has 0 aliphatic heterocycles. The SMILES string of the molecule is C=CCCc1ccc(-c2ccc(-c3ccc4cc(CCCC)ccc4c3)cc2F)cc1. The first-order chi connectivity index (χ1) is 15.2. The van der Waals surface area contributed by atoms with Gasteiger partial charge in [-0.1, -0.05) is 86.2 Å². The van der Waals surface area contributed by atoms with Gasteiger partial charge in [0, 0.05) is 5.56 Å². The third-order valence-electron chi connectivity index (χ3n) is 5.93. The van der Waals surface area contributed by atoms with E-state index in [1.807, 2.05) is 30.3 Å². The summed E-state index contributed by atoms with van der Waals surface area (Å²) >= 11 is 0. The largest absolute Gasteiger partial charge is 0.206 e. The van der Waals surface area contributed by atoms with E-state index in [0.717, 1.165) is 36.0 Å². The molecule has 4 aromatic rings. The lowest BCUT2D eigenvalue weighted by atomic mass is 9.96. The molecule has 0 atom stereocenters. The second kappa shape index (κ2) is 9.75. The van der Waals surface area contributed by atoms with Gasteiger partial charge in [0.25, 0.3) is 0 Å². The van der Waals surface area contributed by atoms with Gasteiger partial charge in [-0.2, -0.15) is 0 Å². The quantitative estimate of drug-likeness (QED) is 0.256. The minimum atomic E-state index is -0.189. The molecule has 0 aliphatic carbocycles. The van der Waals surface area contributed by atoms with Gasteiger partial charge < -0.3 is 0 Å². The predicted octanol–water partition coefficient (Wildman–Crippen LogP) is 8.77. The van der Waals surface area contributed by atoms with Crippen LogP contribution in [0.5, 0.6) is 0 Å². The number of fused-ring (bicyclic) bond motifs is 1. The van der Waals surface area contributed by atoms with E-state index < -0.39 is 0 Å². The molecule has 156 valence electrons. The van der Waals surface area contributed by atoms with E-state index in [-0.39, 0.29) is 5.82 Å². The molecule has 0 N–H and O–H groups in total. The predicted molar refractivity (Wildman–Crippen MR) is 132 cm³/mol. The lowest BCUT2D eigenvalue weighted by Gasteiger charge is -2.10. The van der Waals surface area contributed by atoms with Crippen molar-refractivity contribution >= 4 is 10.8 Å². The van der Waals surface area contributed by atoms with Crippen LogP contribution in [0.4, 0.5) is 4.39 Å². The van der Waals surface area contributed by atoms with E-state index in [0.29, 0.717) is 5.56 Å². The molecule has 0 heterocycles. The molecular formula is C30H29F. The second-order valence-corrected chi connectivity index (χ2v) is 8.22. The van der Waals surface area contributed by atoms with E-state index >= 15 is 0 Å². The average Bonchev–Trinajstić information content (AvgIpc) is 2.81. The van der Waals surface area contributed by atoms with Gasteiger partial charge in [0.2, 0.25) is 0 Å². The average molecular weight is 409 g/mol. The Kier molecular flexibility index (Phi) is 6.62. The third-order valence-corrected chi connectivity index (χ3v) is 5.93. The van der Waals surface area contributed by atoms with Gasteiger partial charge in [-0.25, -0.2) is 4.39 Å². The number of rotatable bonds is 8. The highest BCUT2D eigenvalue weighted by Gasteiger charge is 2.09. The van der Waals surface area contributed by atoms with Crippen LogP contribution in [0.15, 0.2) is 91.5 Å². The Morgan fingerprint density at radius 2 is 1.35 bits per heavy atom. The van der Waals surface area contributed by atoms with Gasteiger partial charge in [0.05, 0.1) is 0 Å². The zero-order valence-electron chi connectivity index (χ0n) is 18.2. The summed E-state index contributed by atoms with van der Waals surface area (Å²) in [4.78, 5) is 0. The smallest absolute Gasteiger partial charge is 0.131 e. The maximum atomic E-state index is 15.0. The van der Waals surface area contributed by atoms with Crippen LogP contribution in [0.1, 0.15) is 37.3 Å². The van der Waals surface area contributed by atoms with Gasteiger partial charge in [0.15, 0.2) is 0 Å². The van der Waals surface area contributed by atoms with Crippen molar-refractivity contribution in [2.45, 2.75) is 39.0 Å². The zero-order valence-corrected chi connectivity index (χ0v) is 18.2. The molecule has 0 aliphatic rings. The van der Waals surface area contributed by atoms with Crippen molar-refractivity contribution < 1.29 is 4.39 Å². The summed E-state index contributed by atoms with van der Waals surface area (Å²) in [5, 5.41) is 2.43. The van der Waals surface area contributed by atoms with Gasteiger partial charge in [-0.05, 0) is 76.4 Å². The first-order valence-electron chi connectivity index (χ1n) is 11.2. The van der Waals surface area contributed by atoms with Crippen LogP contribution in [0.25, 0.3) is 33.0 Å². The molecule has 0 nitrogen and oxygen atoms in total. The first kappa shape index (κ1) is 21.1. The van der Waals surface area contributed by atoms with Crippen molar-refractivity contribution in [2.75, 3.05) is 0 Å². The molecule has 31 heavy (non-hydrogen) atoms. The summed E-state index contributed by atoms with van der Waals surface area (Å²) in [6.07, 6.45) is 7.38. The number of halogens is 1. The topological polar surface area (TPSA) is 0 Å². The molecule has 0 saturated carbocycles. The van der Waals surface area contributed by atoms with Crippen LogP contribution in [0.3, 0.4) is 0 Å². The fourth-order valence-corrected chi connectivity index (χ4v) is 4.06. The van der Waals surface area contributed by atoms with E-state index in [1.165, 1.54) is 34.7 Å². The van der Waals surface area contributed by atoms with Crippen molar-refractivity contribution in [3.8, 4) is 22.3 Å². The molecule has 0 saturated heterocycles. The van der Waals surface area contributed by atoms with Crippen molar-refractivity contribution in [1.29, 1.82) is 0 Å². The van der Waals surface area contributed by atoms with E-state index in [9.17, 15) is 4.39 Å². The number of unbranched alkanes of at least 4 members (excludes halogenated alkanes) is 1. The molecule has 0 unspecified atom stereocenters. The first-order valence-corrected chi connectivity index (χ1v) is 11.2. The Morgan fingerprint density at radius 1 is 0.710 bits per heavy atom. The number of allylic oxidation sites excluding steroid dienone is 1. The number of benzene rings is 4. The monoisotopic (exact) mass is 408 g/mol.